The lowest BCUT2D eigenvalue weighted by Crippen LogP contribution is -2.25. The van der Waals surface area contributed by atoms with Crippen LogP contribution >= 0.6 is 22.7 Å². The topological polar surface area (TPSA) is 77.4 Å². The van der Waals surface area contributed by atoms with E-state index in [4.69, 9.17) is 4.74 Å². The van der Waals surface area contributed by atoms with Crippen molar-refractivity contribution in [2.75, 3.05) is 12.4 Å². The molecule has 0 saturated heterocycles. The van der Waals surface area contributed by atoms with E-state index in [1.807, 2.05) is 6.92 Å². The molecule has 0 aromatic carbocycles. The Kier molecular flexibility index (Phi) is 4.82. The second-order valence-electron chi connectivity index (χ2n) is 4.76. The lowest BCUT2D eigenvalue weighted by atomic mass is 10.1. The van der Waals surface area contributed by atoms with Crippen LogP contribution in [0.3, 0.4) is 0 Å². The predicted molar refractivity (Wildman–Crippen MR) is 87.1 cm³/mol. The second-order valence-corrected chi connectivity index (χ2v) is 6.80. The van der Waals surface area contributed by atoms with Crippen molar-refractivity contribution in [2.24, 2.45) is 0 Å². The minimum atomic E-state index is -0.485. The number of aryl methyl sites for hydroxylation is 2. The van der Waals surface area contributed by atoms with Gasteiger partial charge in [0.15, 0.2) is 0 Å². The zero-order valence-electron chi connectivity index (χ0n) is 12.7. The molecule has 2 heterocycles. The molecule has 2 aromatic rings. The highest BCUT2D eigenvalue weighted by Crippen LogP contribution is 2.32. The number of rotatable bonds is 4. The fourth-order valence-corrected chi connectivity index (χ4v) is 3.77. The normalized spacial score (nSPS) is 10.5. The molecule has 0 unspecified atom stereocenters. The van der Waals surface area contributed by atoms with Gasteiger partial charge in [0.25, 0.3) is 0 Å². The van der Waals surface area contributed by atoms with E-state index in [0.29, 0.717) is 10.6 Å². The third-order valence-electron chi connectivity index (χ3n) is 3.31. The number of ether oxygens (including phenoxy) is 1. The van der Waals surface area contributed by atoms with Gasteiger partial charge in [-0.05, 0) is 26.3 Å². The van der Waals surface area contributed by atoms with Crippen molar-refractivity contribution in [3.05, 3.63) is 36.7 Å². The molecule has 2 rings (SSSR count). The zero-order valence-corrected chi connectivity index (χ0v) is 14.3. The van der Waals surface area contributed by atoms with E-state index < -0.39 is 5.97 Å². The summed E-state index contributed by atoms with van der Waals surface area (Å²) < 4.78 is 6.15. The quantitative estimate of drug-likeness (QED) is 0.867. The van der Waals surface area contributed by atoms with Crippen LogP contribution in [0.25, 0.3) is 0 Å². The molecule has 2 aromatic heterocycles. The fraction of sp³-hybridized carbons (Fsp3) is 0.357. The number of hydrogen-bond donors (Lipinski definition) is 1. The largest absolute Gasteiger partial charge is 0.465 e. The Labute approximate surface area is 135 Å². The molecule has 0 spiro atoms. The number of nitrogens with one attached hydrogen (secondary N) is 1. The van der Waals surface area contributed by atoms with Crippen LogP contribution in [0.15, 0.2) is 10.2 Å². The van der Waals surface area contributed by atoms with Gasteiger partial charge >= 0.3 is 10.8 Å². The maximum absolute atomic E-state index is 12.2. The third-order valence-corrected chi connectivity index (χ3v) is 5.31. The van der Waals surface area contributed by atoms with Crippen LogP contribution in [0, 0.1) is 20.8 Å². The van der Waals surface area contributed by atoms with Crippen molar-refractivity contribution in [3.63, 3.8) is 0 Å². The summed E-state index contributed by atoms with van der Waals surface area (Å²) in [7, 11) is 1.30. The number of methoxy groups -OCH3 is 1. The second kappa shape index (κ2) is 6.45. The Bertz CT molecular complexity index is 785. The van der Waals surface area contributed by atoms with Crippen LogP contribution in [-0.4, -0.2) is 23.6 Å². The number of anilines is 1. The number of thiazole rings is 1. The van der Waals surface area contributed by atoms with E-state index in [1.165, 1.54) is 23.0 Å². The molecule has 1 amide bonds. The molecule has 0 fully saturated rings. The number of amides is 1. The van der Waals surface area contributed by atoms with E-state index in [2.05, 4.69) is 5.32 Å². The Balaban J connectivity index is 2.24. The average Bonchev–Trinajstić information content (AvgIpc) is 2.92. The van der Waals surface area contributed by atoms with Gasteiger partial charge in [-0.1, -0.05) is 11.3 Å². The van der Waals surface area contributed by atoms with Crippen LogP contribution in [0.5, 0.6) is 0 Å². The lowest BCUT2D eigenvalue weighted by Gasteiger charge is -2.07. The Morgan fingerprint density at radius 3 is 2.55 bits per heavy atom. The van der Waals surface area contributed by atoms with Crippen molar-refractivity contribution in [2.45, 2.75) is 27.3 Å². The number of hydrogen-bond acceptors (Lipinski definition) is 6. The Morgan fingerprint density at radius 1 is 1.32 bits per heavy atom. The molecule has 0 aliphatic carbocycles. The first kappa shape index (κ1) is 16.4. The summed E-state index contributed by atoms with van der Waals surface area (Å²) in [5.41, 5.74) is 1.89. The van der Waals surface area contributed by atoms with Crippen LogP contribution in [0.4, 0.5) is 5.00 Å². The van der Waals surface area contributed by atoms with Crippen LogP contribution in [-0.2, 0) is 16.1 Å². The molecule has 6 nitrogen and oxygen atoms in total. The van der Waals surface area contributed by atoms with Crippen LogP contribution < -0.4 is 10.2 Å². The molecule has 0 atom stereocenters. The molecule has 1 N–H and O–H groups in total. The first-order valence-electron chi connectivity index (χ1n) is 6.48. The van der Waals surface area contributed by atoms with Crippen LogP contribution in [0.1, 0.15) is 26.5 Å². The van der Waals surface area contributed by atoms with Gasteiger partial charge in [-0.3, -0.25) is 14.2 Å². The highest BCUT2D eigenvalue weighted by atomic mass is 32.1. The fourth-order valence-electron chi connectivity index (χ4n) is 1.97. The third kappa shape index (κ3) is 3.12. The van der Waals surface area contributed by atoms with Gasteiger partial charge in [0.05, 0.1) is 12.7 Å². The zero-order chi connectivity index (χ0) is 16.4. The highest BCUT2D eigenvalue weighted by molar-refractivity contribution is 7.16. The first-order valence-corrected chi connectivity index (χ1v) is 8.17. The molecule has 0 radical (unpaired) electrons. The smallest absolute Gasteiger partial charge is 0.341 e. The summed E-state index contributed by atoms with van der Waals surface area (Å²) in [5, 5.41) is 4.86. The summed E-state index contributed by atoms with van der Waals surface area (Å²) in [4.78, 5) is 36.4. The van der Waals surface area contributed by atoms with E-state index in [0.717, 1.165) is 27.5 Å². The van der Waals surface area contributed by atoms with Gasteiger partial charge in [0.2, 0.25) is 5.91 Å². The molecule has 0 aliphatic heterocycles. The molecule has 0 saturated carbocycles. The molecule has 0 aliphatic rings. The first-order chi connectivity index (χ1) is 10.3. The van der Waals surface area contributed by atoms with E-state index in [1.54, 1.807) is 19.2 Å². The minimum absolute atomic E-state index is 0.0786. The molecular weight excluding hydrogens is 324 g/mol. The molecular formula is C14H16N2O4S2. The van der Waals surface area contributed by atoms with E-state index in [9.17, 15) is 14.4 Å². The molecule has 8 heteroatoms. The van der Waals surface area contributed by atoms with Crippen molar-refractivity contribution >= 4 is 39.6 Å². The number of esters is 1. The molecule has 118 valence electrons. The SMILES string of the molecule is COC(=O)c1c(NC(=O)Cn2c(C)csc2=O)sc(C)c1C. The average molecular weight is 340 g/mol. The Morgan fingerprint density at radius 2 is 2.00 bits per heavy atom. The standard InChI is InChI=1S/C14H16N2O4S2/c1-7-6-21-14(19)16(7)5-10(17)15-12-11(13(18)20-4)8(2)9(3)22-12/h6H,5H2,1-4H3,(H,15,17). The summed E-state index contributed by atoms with van der Waals surface area (Å²) in [6.45, 7) is 5.37. The van der Waals surface area contributed by atoms with E-state index >= 15 is 0 Å². The molecule has 0 bridgehead atoms. The number of thiophene rings is 1. The number of carbonyl (C=O) groups is 2. The van der Waals surface area contributed by atoms with Gasteiger partial charge in [-0.15, -0.1) is 11.3 Å². The number of nitrogens with zero attached hydrogens (tertiary/aromatic N) is 1. The highest BCUT2D eigenvalue weighted by Gasteiger charge is 2.21. The van der Waals surface area contributed by atoms with Gasteiger partial charge in [0.1, 0.15) is 11.5 Å². The van der Waals surface area contributed by atoms with Crippen LogP contribution in [0.2, 0.25) is 0 Å². The van der Waals surface area contributed by atoms with Crippen molar-refractivity contribution in [1.29, 1.82) is 0 Å². The lowest BCUT2D eigenvalue weighted by molar-refractivity contribution is -0.116. The minimum Gasteiger partial charge on any atom is -0.465 e. The summed E-state index contributed by atoms with van der Waals surface area (Å²) in [6, 6.07) is 0. The van der Waals surface area contributed by atoms with E-state index in [-0.39, 0.29) is 17.3 Å². The van der Waals surface area contributed by atoms with Crippen molar-refractivity contribution < 1.29 is 14.3 Å². The van der Waals surface area contributed by atoms with Crippen molar-refractivity contribution in [1.82, 2.24) is 4.57 Å². The maximum Gasteiger partial charge on any atom is 0.341 e. The monoisotopic (exact) mass is 340 g/mol. The van der Waals surface area contributed by atoms with Gasteiger partial charge in [0, 0.05) is 16.0 Å². The number of aromatic nitrogens is 1. The predicted octanol–water partition coefficient (Wildman–Crippen LogP) is 2.32. The Hall–Kier alpha value is -1.93. The molecule has 22 heavy (non-hydrogen) atoms. The van der Waals surface area contributed by atoms with Gasteiger partial charge in [-0.25, -0.2) is 4.79 Å². The summed E-state index contributed by atoms with van der Waals surface area (Å²) >= 11 is 2.37. The maximum atomic E-state index is 12.2. The summed E-state index contributed by atoms with van der Waals surface area (Å²) in [6.07, 6.45) is 0. The number of carbonyl (C=O) groups excluding carboxylic acids is 2. The summed E-state index contributed by atoms with van der Waals surface area (Å²) in [5.74, 6) is -0.837. The van der Waals surface area contributed by atoms with Crippen molar-refractivity contribution in [3.8, 4) is 0 Å². The van der Waals surface area contributed by atoms with Gasteiger partial charge in [-0.2, -0.15) is 0 Å². The van der Waals surface area contributed by atoms with Gasteiger partial charge < -0.3 is 10.1 Å².